The summed E-state index contributed by atoms with van der Waals surface area (Å²) in [5.41, 5.74) is -0.0564. The average Bonchev–Trinajstić information content (AvgIpc) is 3.35. The highest BCUT2D eigenvalue weighted by Crippen LogP contribution is 2.38. The largest absolute Gasteiger partial charge is 0.452 e. The van der Waals surface area contributed by atoms with Crippen LogP contribution in [-0.4, -0.2) is 50.0 Å². The van der Waals surface area contributed by atoms with Gasteiger partial charge in [0, 0.05) is 32.0 Å². The van der Waals surface area contributed by atoms with E-state index in [1.54, 1.807) is 0 Å². The highest BCUT2D eigenvalue weighted by Gasteiger charge is 2.43. The van der Waals surface area contributed by atoms with Gasteiger partial charge in [-0.25, -0.2) is 8.42 Å². The zero-order chi connectivity index (χ0) is 19.3. The lowest BCUT2D eigenvalue weighted by atomic mass is 10.1. The summed E-state index contributed by atoms with van der Waals surface area (Å²) in [6, 6.07) is 3.54. The Kier molecular flexibility index (Phi) is 4.58. The number of ether oxygens (including phenoxy) is 2. The minimum absolute atomic E-state index is 0.0401. The molecule has 1 spiro atoms. The Balaban J connectivity index is 1.51. The van der Waals surface area contributed by atoms with Crippen molar-refractivity contribution in [3.63, 3.8) is 0 Å². The maximum atomic E-state index is 12.8. The number of rotatable bonds is 3. The van der Waals surface area contributed by atoms with Gasteiger partial charge in [0.2, 0.25) is 5.76 Å². The molecule has 0 amide bonds. The fourth-order valence-electron chi connectivity index (χ4n) is 3.10. The van der Waals surface area contributed by atoms with E-state index in [-0.39, 0.29) is 27.9 Å². The molecule has 2 fully saturated rings. The van der Waals surface area contributed by atoms with E-state index < -0.39 is 27.7 Å². The molecule has 12 heteroatoms. The maximum Gasteiger partial charge on any atom is 0.452 e. The third kappa shape index (κ3) is 3.51. The lowest BCUT2D eigenvalue weighted by molar-refractivity contribution is -0.179. The zero-order valence-corrected chi connectivity index (χ0v) is 15.5. The Morgan fingerprint density at radius 2 is 1.81 bits per heavy atom. The minimum atomic E-state index is -4.65. The summed E-state index contributed by atoms with van der Waals surface area (Å²) >= 11 is 0.852. The van der Waals surface area contributed by atoms with E-state index in [9.17, 15) is 21.6 Å². The minimum Gasteiger partial charge on any atom is -0.351 e. The normalized spacial score (nSPS) is 21.1. The van der Waals surface area contributed by atoms with Crippen LogP contribution >= 0.6 is 11.3 Å². The first-order valence-corrected chi connectivity index (χ1v) is 10.4. The van der Waals surface area contributed by atoms with Crippen molar-refractivity contribution in [2.24, 2.45) is 0 Å². The molecule has 0 radical (unpaired) electrons. The molecule has 4 heterocycles. The van der Waals surface area contributed by atoms with Gasteiger partial charge in [-0.2, -0.15) is 17.5 Å². The summed E-state index contributed by atoms with van der Waals surface area (Å²) in [6.07, 6.45) is -3.78. The molecule has 0 unspecified atom stereocenters. The Hall–Kier alpha value is -1.47. The third-order valence-electron chi connectivity index (χ3n) is 4.52. The number of halogens is 3. The van der Waals surface area contributed by atoms with Crippen LogP contribution in [0.25, 0.3) is 10.6 Å². The van der Waals surface area contributed by atoms with Crippen LogP contribution < -0.4 is 0 Å². The van der Waals surface area contributed by atoms with Gasteiger partial charge in [-0.15, -0.1) is 11.3 Å². The maximum absolute atomic E-state index is 12.8. The molecule has 0 atom stereocenters. The van der Waals surface area contributed by atoms with Gasteiger partial charge < -0.3 is 14.0 Å². The molecule has 0 bridgehead atoms. The smallest absolute Gasteiger partial charge is 0.351 e. The van der Waals surface area contributed by atoms with Gasteiger partial charge in [-0.3, -0.25) is 0 Å². The van der Waals surface area contributed by atoms with Crippen molar-refractivity contribution in [2.75, 3.05) is 26.3 Å². The first-order valence-electron chi connectivity index (χ1n) is 8.12. The number of piperidine rings is 1. The molecular formula is C15H15F3N2O5S2. The summed E-state index contributed by atoms with van der Waals surface area (Å²) < 4.78 is 80.4. The summed E-state index contributed by atoms with van der Waals surface area (Å²) in [4.78, 5) is 0.281. The van der Waals surface area contributed by atoms with E-state index in [0.29, 0.717) is 26.1 Å². The number of alkyl halides is 3. The molecule has 0 N–H and O–H groups in total. The standard InChI is InChI=1S/C15H15F3N2O5S2/c16-15(17,18)12-9-10(19-25-12)11-1-2-13(26-11)27(21,22)20-5-3-14(4-6-20)23-7-8-24-14/h1-2,9H,3-8H2. The second kappa shape index (κ2) is 6.55. The van der Waals surface area contributed by atoms with Crippen LogP contribution in [0.1, 0.15) is 18.6 Å². The third-order valence-corrected chi connectivity index (χ3v) is 7.99. The van der Waals surface area contributed by atoms with Crippen molar-refractivity contribution in [1.29, 1.82) is 0 Å². The van der Waals surface area contributed by atoms with Gasteiger partial charge in [-0.1, -0.05) is 5.16 Å². The van der Waals surface area contributed by atoms with Crippen LogP contribution in [0.15, 0.2) is 26.9 Å². The molecule has 0 aliphatic carbocycles. The van der Waals surface area contributed by atoms with Crippen molar-refractivity contribution in [2.45, 2.75) is 29.0 Å². The lowest BCUT2D eigenvalue weighted by Crippen LogP contribution is -2.47. The molecule has 7 nitrogen and oxygen atoms in total. The SMILES string of the molecule is O=S(=O)(c1ccc(-c2cc(C(F)(F)F)on2)s1)N1CCC2(CC1)OCCO2. The van der Waals surface area contributed by atoms with Crippen molar-refractivity contribution in [3.05, 3.63) is 24.0 Å². The van der Waals surface area contributed by atoms with Crippen LogP contribution in [0.3, 0.4) is 0 Å². The van der Waals surface area contributed by atoms with Gasteiger partial charge in [0.25, 0.3) is 10.0 Å². The van der Waals surface area contributed by atoms with E-state index in [0.717, 1.165) is 17.4 Å². The number of aromatic nitrogens is 1. The molecular weight excluding hydrogens is 409 g/mol. The molecule has 148 valence electrons. The molecule has 2 aliphatic rings. The summed E-state index contributed by atoms with van der Waals surface area (Å²) in [5.74, 6) is -1.92. The molecule has 0 saturated carbocycles. The van der Waals surface area contributed by atoms with Gasteiger partial charge in [0.05, 0.1) is 18.1 Å². The number of hydrogen-bond acceptors (Lipinski definition) is 7. The molecule has 27 heavy (non-hydrogen) atoms. The van der Waals surface area contributed by atoms with E-state index in [2.05, 4.69) is 9.68 Å². The second-order valence-electron chi connectivity index (χ2n) is 6.20. The number of nitrogens with zero attached hydrogens (tertiary/aromatic N) is 2. The lowest BCUT2D eigenvalue weighted by Gasteiger charge is -2.36. The van der Waals surface area contributed by atoms with Crippen LogP contribution in [0, 0.1) is 0 Å². The molecule has 2 aliphatic heterocycles. The highest BCUT2D eigenvalue weighted by atomic mass is 32.2. The summed E-state index contributed by atoms with van der Waals surface area (Å²) in [6.45, 7) is 1.49. The predicted molar refractivity (Wildman–Crippen MR) is 87.4 cm³/mol. The topological polar surface area (TPSA) is 81.9 Å². The van der Waals surface area contributed by atoms with Gasteiger partial charge >= 0.3 is 6.18 Å². The van der Waals surface area contributed by atoms with Crippen LogP contribution in [0.2, 0.25) is 0 Å². The Bertz CT molecular complexity index is 921. The van der Waals surface area contributed by atoms with E-state index >= 15 is 0 Å². The van der Waals surface area contributed by atoms with E-state index in [1.807, 2.05) is 0 Å². The number of sulfonamides is 1. The molecule has 4 rings (SSSR count). The Labute approximate surface area is 156 Å². The fourth-order valence-corrected chi connectivity index (χ4v) is 5.96. The first kappa shape index (κ1) is 18.9. The second-order valence-corrected chi connectivity index (χ2v) is 9.45. The van der Waals surface area contributed by atoms with Crippen LogP contribution in [-0.2, 0) is 25.7 Å². The van der Waals surface area contributed by atoms with Gasteiger partial charge in [0.15, 0.2) is 5.79 Å². The summed E-state index contributed by atoms with van der Waals surface area (Å²) in [7, 11) is -3.76. The molecule has 2 aromatic rings. The van der Waals surface area contributed by atoms with Crippen molar-refractivity contribution >= 4 is 21.4 Å². The van der Waals surface area contributed by atoms with Gasteiger partial charge in [-0.05, 0) is 12.1 Å². The monoisotopic (exact) mass is 424 g/mol. The summed E-state index contributed by atoms with van der Waals surface area (Å²) in [5, 5.41) is 3.38. The zero-order valence-electron chi connectivity index (χ0n) is 13.9. The van der Waals surface area contributed by atoms with Crippen molar-refractivity contribution in [3.8, 4) is 10.6 Å². The molecule has 2 saturated heterocycles. The van der Waals surface area contributed by atoms with Gasteiger partial charge in [0.1, 0.15) is 9.90 Å². The quantitative estimate of drug-likeness (QED) is 0.754. The Morgan fingerprint density at radius 1 is 1.15 bits per heavy atom. The highest BCUT2D eigenvalue weighted by molar-refractivity contribution is 7.91. The average molecular weight is 424 g/mol. The van der Waals surface area contributed by atoms with Crippen LogP contribution in [0.4, 0.5) is 13.2 Å². The fraction of sp³-hybridized carbons (Fsp3) is 0.533. The number of thiophene rings is 1. The van der Waals surface area contributed by atoms with E-state index in [1.165, 1.54) is 16.4 Å². The van der Waals surface area contributed by atoms with Crippen molar-refractivity contribution < 1.29 is 35.6 Å². The van der Waals surface area contributed by atoms with Crippen molar-refractivity contribution in [1.82, 2.24) is 9.46 Å². The molecule has 0 aromatic carbocycles. The number of hydrogen-bond donors (Lipinski definition) is 0. The van der Waals surface area contributed by atoms with E-state index in [4.69, 9.17) is 9.47 Å². The predicted octanol–water partition coefficient (Wildman–Crippen LogP) is 2.95. The Morgan fingerprint density at radius 3 is 2.41 bits per heavy atom. The van der Waals surface area contributed by atoms with Crippen LogP contribution in [0.5, 0.6) is 0 Å². The first-order chi connectivity index (χ1) is 12.7. The molecule has 2 aromatic heterocycles.